The maximum atomic E-state index is 5.96. The van der Waals surface area contributed by atoms with Crippen LogP contribution in [0.15, 0.2) is 17.2 Å². The summed E-state index contributed by atoms with van der Waals surface area (Å²) < 4.78 is 5.45. The van der Waals surface area contributed by atoms with Crippen molar-refractivity contribution in [3.63, 3.8) is 0 Å². The molecule has 0 fully saturated rings. The van der Waals surface area contributed by atoms with Crippen LogP contribution in [0.25, 0.3) is 0 Å². The van der Waals surface area contributed by atoms with Crippen molar-refractivity contribution in [3.05, 3.63) is 22.9 Å². The second-order valence-electron chi connectivity index (χ2n) is 3.95. The number of nitrogens with two attached hydrogens (primary N) is 1. The van der Waals surface area contributed by atoms with Gasteiger partial charge in [-0.15, -0.1) is 11.3 Å². The number of anilines is 2. The normalized spacial score (nSPS) is 10.4. The van der Waals surface area contributed by atoms with Gasteiger partial charge < -0.3 is 15.8 Å². The smallest absolute Gasteiger partial charge is 0.242 e. The van der Waals surface area contributed by atoms with Gasteiger partial charge in [-0.1, -0.05) is 6.92 Å². The summed E-state index contributed by atoms with van der Waals surface area (Å²) in [7, 11) is 0. The van der Waals surface area contributed by atoms with Gasteiger partial charge in [0.2, 0.25) is 5.88 Å². The quantitative estimate of drug-likeness (QED) is 0.805. The summed E-state index contributed by atoms with van der Waals surface area (Å²) >= 11 is 1.59. The van der Waals surface area contributed by atoms with Gasteiger partial charge in [0.1, 0.15) is 12.0 Å². The standard InChI is InChI=1S/C12H17N5OS/c1-2-5-18-12-10(13)11(15-7-16-12)14-4-3-9-6-19-8-17-9/h6-8H,2-5,13H2,1H3,(H,14,15,16). The van der Waals surface area contributed by atoms with Crippen LogP contribution in [0.4, 0.5) is 11.5 Å². The lowest BCUT2D eigenvalue weighted by Gasteiger charge is -2.10. The van der Waals surface area contributed by atoms with Crippen LogP contribution in [0, 0.1) is 0 Å². The van der Waals surface area contributed by atoms with E-state index in [1.54, 1.807) is 11.3 Å². The molecule has 0 unspecified atom stereocenters. The lowest BCUT2D eigenvalue weighted by molar-refractivity contribution is 0.306. The van der Waals surface area contributed by atoms with Gasteiger partial charge >= 0.3 is 0 Å². The maximum Gasteiger partial charge on any atom is 0.242 e. The number of hydrogen-bond donors (Lipinski definition) is 2. The minimum Gasteiger partial charge on any atom is -0.476 e. The number of ether oxygens (including phenoxy) is 1. The Labute approximate surface area is 116 Å². The Hall–Kier alpha value is -1.89. The fraction of sp³-hybridized carbons (Fsp3) is 0.417. The van der Waals surface area contributed by atoms with Crippen LogP contribution in [-0.2, 0) is 6.42 Å². The summed E-state index contributed by atoms with van der Waals surface area (Å²) in [4.78, 5) is 12.4. The highest BCUT2D eigenvalue weighted by atomic mass is 32.1. The average Bonchev–Trinajstić information content (AvgIpc) is 2.92. The van der Waals surface area contributed by atoms with E-state index in [2.05, 4.69) is 20.3 Å². The molecule has 0 radical (unpaired) electrons. The number of nitrogen functional groups attached to an aromatic ring is 1. The molecule has 0 aliphatic heterocycles. The van der Waals surface area contributed by atoms with E-state index in [-0.39, 0.29) is 0 Å². The third kappa shape index (κ3) is 3.78. The summed E-state index contributed by atoms with van der Waals surface area (Å²) in [5, 5.41) is 5.21. The van der Waals surface area contributed by atoms with Crippen LogP contribution in [0.1, 0.15) is 19.0 Å². The van der Waals surface area contributed by atoms with Crippen LogP contribution in [0.2, 0.25) is 0 Å². The molecule has 0 saturated heterocycles. The van der Waals surface area contributed by atoms with Gasteiger partial charge in [0, 0.05) is 18.3 Å². The molecule has 2 heterocycles. The van der Waals surface area contributed by atoms with Crippen molar-refractivity contribution in [2.75, 3.05) is 24.2 Å². The predicted molar refractivity (Wildman–Crippen MR) is 76.5 cm³/mol. The SMILES string of the molecule is CCCOc1ncnc(NCCc2cscn2)c1N. The second kappa shape index (κ2) is 6.89. The van der Waals surface area contributed by atoms with Gasteiger partial charge in [0.15, 0.2) is 5.82 Å². The Kier molecular flexibility index (Phi) is 4.91. The van der Waals surface area contributed by atoms with Crippen molar-refractivity contribution < 1.29 is 4.74 Å². The summed E-state index contributed by atoms with van der Waals surface area (Å²) in [5.41, 5.74) is 9.30. The van der Waals surface area contributed by atoms with Crippen LogP contribution in [0.5, 0.6) is 5.88 Å². The molecule has 6 nitrogen and oxygen atoms in total. The number of thiazole rings is 1. The number of hydrogen-bond acceptors (Lipinski definition) is 7. The fourth-order valence-electron chi connectivity index (χ4n) is 1.50. The van der Waals surface area contributed by atoms with Gasteiger partial charge in [0.05, 0.1) is 17.8 Å². The molecule has 2 rings (SSSR count). The lowest BCUT2D eigenvalue weighted by Crippen LogP contribution is -2.11. The molecule has 19 heavy (non-hydrogen) atoms. The summed E-state index contributed by atoms with van der Waals surface area (Å²) in [6, 6.07) is 0. The molecule has 0 amide bonds. The monoisotopic (exact) mass is 279 g/mol. The zero-order valence-electron chi connectivity index (χ0n) is 10.8. The molecule has 0 bridgehead atoms. The van der Waals surface area contributed by atoms with Gasteiger partial charge in [-0.3, -0.25) is 0 Å². The Morgan fingerprint density at radius 3 is 3.00 bits per heavy atom. The van der Waals surface area contributed by atoms with E-state index in [1.165, 1.54) is 6.33 Å². The van der Waals surface area contributed by atoms with Crippen molar-refractivity contribution in [2.24, 2.45) is 0 Å². The molecule has 7 heteroatoms. The van der Waals surface area contributed by atoms with E-state index < -0.39 is 0 Å². The van der Waals surface area contributed by atoms with E-state index >= 15 is 0 Å². The molecule has 0 atom stereocenters. The lowest BCUT2D eigenvalue weighted by atomic mass is 10.3. The van der Waals surface area contributed by atoms with Crippen LogP contribution < -0.4 is 15.8 Å². The van der Waals surface area contributed by atoms with E-state index in [0.717, 1.165) is 25.1 Å². The Balaban J connectivity index is 1.92. The molecule has 102 valence electrons. The molecule has 2 aromatic rings. The highest BCUT2D eigenvalue weighted by Crippen LogP contribution is 2.24. The highest BCUT2D eigenvalue weighted by molar-refractivity contribution is 7.07. The molecule has 0 aromatic carbocycles. The first-order valence-corrected chi connectivity index (χ1v) is 7.09. The molecule has 0 aliphatic rings. The molecular weight excluding hydrogens is 262 g/mol. The topological polar surface area (TPSA) is 86.0 Å². The Bertz CT molecular complexity index is 503. The van der Waals surface area contributed by atoms with E-state index in [4.69, 9.17) is 10.5 Å². The zero-order chi connectivity index (χ0) is 13.5. The zero-order valence-corrected chi connectivity index (χ0v) is 11.6. The van der Waals surface area contributed by atoms with E-state index in [0.29, 0.717) is 24.0 Å². The fourth-order valence-corrected chi connectivity index (χ4v) is 2.10. The number of aromatic nitrogens is 3. The van der Waals surface area contributed by atoms with Crippen LogP contribution in [-0.4, -0.2) is 28.1 Å². The van der Waals surface area contributed by atoms with Crippen LogP contribution >= 0.6 is 11.3 Å². The molecule has 0 saturated carbocycles. The van der Waals surface area contributed by atoms with Gasteiger partial charge in [-0.05, 0) is 6.42 Å². The molecule has 3 N–H and O–H groups in total. The van der Waals surface area contributed by atoms with Crippen molar-refractivity contribution in [1.82, 2.24) is 15.0 Å². The van der Waals surface area contributed by atoms with Crippen LogP contribution in [0.3, 0.4) is 0 Å². The number of nitrogens with zero attached hydrogens (tertiary/aromatic N) is 3. The second-order valence-corrected chi connectivity index (χ2v) is 4.66. The minimum atomic E-state index is 0.438. The maximum absolute atomic E-state index is 5.96. The molecular formula is C12H17N5OS. The molecule has 0 aliphatic carbocycles. The third-order valence-corrected chi connectivity index (χ3v) is 3.08. The summed E-state index contributed by atoms with van der Waals surface area (Å²) in [6.07, 6.45) is 3.20. The van der Waals surface area contributed by atoms with Crippen molar-refractivity contribution in [1.29, 1.82) is 0 Å². The molecule has 2 aromatic heterocycles. The molecule has 0 spiro atoms. The largest absolute Gasteiger partial charge is 0.476 e. The van der Waals surface area contributed by atoms with Crippen molar-refractivity contribution >= 4 is 22.8 Å². The van der Waals surface area contributed by atoms with E-state index in [9.17, 15) is 0 Å². The summed E-state index contributed by atoms with van der Waals surface area (Å²) in [5.74, 6) is 1.05. The first kappa shape index (κ1) is 13.5. The first-order valence-electron chi connectivity index (χ1n) is 6.15. The average molecular weight is 279 g/mol. The van der Waals surface area contributed by atoms with Crippen molar-refractivity contribution in [3.8, 4) is 5.88 Å². The van der Waals surface area contributed by atoms with Gasteiger partial charge in [-0.25, -0.2) is 9.97 Å². The van der Waals surface area contributed by atoms with E-state index in [1.807, 2.05) is 17.8 Å². The van der Waals surface area contributed by atoms with Gasteiger partial charge in [0.25, 0.3) is 0 Å². The predicted octanol–water partition coefficient (Wildman–Crippen LogP) is 1.96. The minimum absolute atomic E-state index is 0.438. The number of nitrogens with one attached hydrogen (secondary N) is 1. The first-order chi connectivity index (χ1) is 9.31. The Morgan fingerprint density at radius 2 is 2.26 bits per heavy atom. The Morgan fingerprint density at radius 1 is 1.37 bits per heavy atom. The van der Waals surface area contributed by atoms with Gasteiger partial charge in [-0.2, -0.15) is 4.98 Å². The highest BCUT2D eigenvalue weighted by Gasteiger charge is 2.08. The third-order valence-electron chi connectivity index (χ3n) is 2.45. The summed E-state index contributed by atoms with van der Waals surface area (Å²) in [6.45, 7) is 3.35. The number of rotatable bonds is 7. The van der Waals surface area contributed by atoms with Crippen molar-refractivity contribution in [2.45, 2.75) is 19.8 Å².